The Morgan fingerprint density at radius 3 is 2.32 bits per heavy atom. The van der Waals surface area contributed by atoms with Gasteiger partial charge in [-0.3, -0.25) is 14.5 Å². The van der Waals surface area contributed by atoms with Gasteiger partial charge in [-0.2, -0.15) is 5.10 Å². The van der Waals surface area contributed by atoms with Crippen LogP contribution in [0.25, 0.3) is 5.69 Å². The van der Waals surface area contributed by atoms with E-state index >= 15 is 0 Å². The number of Topliss-reactive ketones (excluding diaryl/α,β-unsaturated/α-hetero) is 1. The van der Waals surface area contributed by atoms with Crippen LogP contribution in [0, 0.1) is 31.4 Å². The predicted octanol–water partition coefficient (Wildman–Crippen LogP) is 6.15. The van der Waals surface area contributed by atoms with E-state index in [0.717, 1.165) is 11.3 Å². The molecule has 7 heteroatoms. The summed E-state index contributed by atoms with van der Waals surface area (Å²) < 4.78 is 30.5. The third-order valence-corrected chi connectivity index (χ3v) is 7.08. The van der Waals surface area contributed by atoms with E-state index in [1.165, 1.54) is 18.2 Å². The number of halogens is 2. The lowest BCUT2D eigenvalue weighted by Gasteiger charge is -2.38. The molecule has 0 unspecified atom stereocenters. The van der Waals surface area contributed by atoms with Crippen molar-refractivity contribution in [1.29, 1.82) is 0 Å². The minimum Gasteiger partial charge on any atom is -0.296 e. The molecule has 188 valence electrons. The molecule has 0 aliphatic carbocycles. The van der Waals surface area contributed by atoms with Gasteiger partial charge in [0.15, 0.2) is 5.78 Å². The van der Waals surface area contributed by atoms with Crippen molar-refractivity contribution in [3.8, 4) is 5.69 Å². The van der Waals surface area contributed by atoms with Crippen LogP contribution >= 0.6 is 0 Å². The molecule has 5 rings (SSSR count). The SMILES string of the molecule is CCN1C(=O)[C@@H](CC(=O)c2cccc(C)c2F)[C@@H](c2ccc(F)cc2)c2c(C)nn(-c3ccccc3)c21. The highest BCUT2D eigenvalue weighted by Crippen LogP contribution is 2.47. The van der Waals surface area contributed by atoms with Crippen LogP contribution in [0.4, 0.5) is 14.6 Å². The van der Waals surface area contributed by atoms with Crippen LogP contribution in [0.2, 0.25) is 0 Å². The minimum absolute atomic E-state index is 0.0313. The Kier molecular flexibility index (Phi) is 6.46. The molecule has 0 fully saturated rings. The molecule has 1 aliphatic heterocycles. The second-order valence-electron chi connectivity index (χ2n) is 9.35. The molecule has 37 heavy (non-hydrogen) atoms. The van der Waals surface area contributed by atoms with Gasteiger partial charge in [0, 0.05) is 24.4 Å². The highest BCUT2D eigenvalue weighted by atomic mass is 19.1. The molecule has 1 amide bonds. The number of nitrogens with zero attached hydrogens (tertiary/aromatic N) is 3. The first-order valence-corrected chi connectivity index (χ1v) is 12.3. The number of anilines is 1. The third kappa shape index (κ3) is 4.24. The first-order chi connectivity index (χ1) is 17.8. The van der Waals surface area contributed by atoms with E-state index in [9.17, 15) is 18.4 Å². The molecule has 5 nitrogen and oxygen atoms in total. The Hall–Kier alpha value is -4.13. The van der Waals surface area contributed by atoms with Crippen LogP contribution in [-0.4, -0.2) is 28.0 Å². The van der Waals surface area contributed by atoms with Crippen LogP contribution in [0.1, 0.15) is 52.0 Å². The summed E-state index contributed by atoms with van der Waals surface area (Å²) in [5, 5.41) is 4.79. The lowest BCUT2D eigenvalue weighted by molar-refractivity contribution is -0.123. The Morgan fingerprint density at radius 2 is 1.65 bits per heavy atom. The van der Waals surface area contributed by atoms with Crippen LogP contribution in [0.15, 0.2) is 72.8 Å². The maximum atomic E-state index is 14.8. The van der Waals surface area contributed by atoms with E-state index in [2.05, 4.69) is 0 Å². The van der Waals surface area contributed by atoms with Crippen molar-refractivity contribution in [1.82, 2.24) is 9.78 Å². The van der Waals surface area contributed by atoms with E-state index in [0.29, 0.717) is 29.2 Å². The van der Waals surface area contributed by atoms with Gasteiger partial charge in [-0.15, -0.1) is 0 Å². The average molecular weight is 500 g/mol. The number of benzene rings is 3. The topological polar surface area (TPSA) is 55.2 Å². The van der Waals surface area contributed by atoms with Crippen LogP contribution in [-0.2, 0) is 4.79 Å². The number of ketones is 1. The predicted molar refractivity (Wildman–Crippen MR) is 138 cm³/mol. The first-order valence-electron chi connectivity index (χ1n) is 12.3. The fraction of sp³-hybridized carbons (Fsp3) is 0.233. The molecule has 0 N–H and O–H groups in total. The van der Waals surface area contributed by atoms with Gasteiger partial charge in [0.2, 0.25) is 5.91 Å². The van der Waals surface area contributed by atoms with E-state index in [1.807, 2.05) is 44.2 Å². The fourth-order valence-corrected chi connectivity index (χ4v) is 5.30. The zero-order valence-corrected chi connectivity index (χ0v) is 20.9. The molecule has 0 radical (unpaired) electrons. The molecule has 2 atom stereocenters. The molecule has 2 heterocycles. The second-order valence-corrected chi connectivity index (χ2v) is 9.35. The zero-order valence-electron chi connectivity index (χ0n) is 20.9. The fourth-order valence-electron chi connectivity index (χ4n) is 5.30. The number of aryl methyl sites for hydroxylation is 2. The normalized spacial score (nSPS) is 17.1. The van der Waals surface area contributed by atoms with Crippen molar-refractivity contribution in [2.75, 3.05) is 11.4 Å². The van der Waals surface area contributed by atoms with Gasteiger partial charge in [-0.05, 0) is 62.2 Å². The highest BCUT2D eigenvalue weighted by Gasteiger charge is 2.45. The Bertz CT molecular complexity index is 1480. The van der Waals surface area contributed by atoms with E-state index in [4.69, 9.17) is 5.10 Å². The van der Waals surface area contributed by atoms with Crippen molar-refractivity contribution in [2.24, 2.45) is 5.92 Å². The number of rotatable bonds is 6. The summed E-state index contributed by atoms with van der Waals surface area (Å²) >= 11 is 0. The van der Waals surface area contributed by atoms with Gasteiger partial charge in [-0.1, -0.05) is 42.5 Å². The van der Waals surface area contributed by atoms with Crippen molar-refractivity contribution in [2.45, 2.75) is 33.1 Å². The van der Waals surface area contributed by atoms with Gasteiger partial charge < -0.3 is 0 Å². The summed E-state index contributed by atoms with van der Waals surface area (Å²) in [6, 6.07) is 20.2. The molecule has 0 bridgehead atoms. The van der Waals surface area contributed by atoms with Crippen LogP contribution < -0.4 is 4.90 Å². The number of hydrogen-bond donors (Lipinski definition) is 0. The van der Waals surface area contributed by atoms with Crippen LogP contribution in [0.5, 0.6) is 0 Å². The maximum absolute atomic E-state index is 14.8. The molecule has 0 saturated carbocycles. The van der Waals surface area contributed by atoms with Crippen molar-refractivity contribution in [3.05, 3.63) is 112 Å². The van der Waals surface area contributed by atoms with Crippen molar-refractivity contribution in [3.63, 3.8) is 0 Å². The Morgan fingerprint density at radius 1 is 0.946 bits per heavy atom. The number of aromatic nitrogens is 2. The minimum atomic E-state index is -0.808. The smallest absolute Gasteiger partial charge is 0.232 e. The van der Waals surface area contributed by atoms with Gasteiger partial charge >= 0.3 is 0 Å². The molecule has 1 aliphatic rings. The quantitative estimate of drug-likeness (QED) is 0.299. The maximum Gasteiger partial charge on any atom is 0.232 e. The Labute approximate surface area is 214 Å². The van der Waals surface area contributed by atoms with Crippen molar-refractivity contribution >= 4 is 17.5 Å². The first kappa shape index (κ1) is 24.6. The van der Waals surface area contributed by atoms with Crippen LogP contribution in [0.3, 0.4) is 0 Å². The van der Waals surface area contributed by atoms with E-state index < -0.39 is 29.3 Å². The van der Waals surface area contributed by atoms with Gasteiger partial charge in [0.1, 0.15) is 17.5 Å². The van der Waals surface area contributed by atoms with Gasteiger partial charge in [-0.25, -0.2) is 13.5 Å². The number of carbonyl (C=O) groups is 2. The van der Waals surface area contributed by atoms with Gasteiger partial charge in [0.05, 0.1) is 22.9 Å². The molecular formula is C30H27F2N3O2. The third-order valence-electron chi connectivity index (χ3n) is 7.08. The summed E-state index contributed by atoms with van der Waals surface area (Å²) in [6.07, 6.45) is -0.187. The molecule has 0 spiro atoms. The number of fused-ring (bicyclic) bond motifs is 1. The molecule has 3 aromatic carbocycles. The second kappa shape index (κ2) is 9.73. The lowest BCUT2D eigenvalue weighted by atomic mass is 9.74. The molecule has 4 aromatic rings. The standard InChI is InChI=1S/C30H27F2N3O2/c1-4-34-29-26(19(3)33-35(29)22-10-6-5-7-11-22)27(20-13-15-21(31)16-14-20)24(30(34)37)17-25(36)23-12-8-9-18(2)28(23)32/h5-16,24,27H,4,17H2,1-3H3/t24-,27+/m0/s1. The van der Waals surface area contributed by atoms with Crippen molar-refractivity contribution < 1.29 is 18.4 Å². The molecular weight excluding hydrogens is 472 g/mol. The number of para-hydroxylation sites is 1. The monoisotopic (exact) mass is 499 g/mol. The van der Waals surface area contributed by atoms with Gasteiger partial charge in [0.25, 0.3) is 0 Å². The average Bonchev–Trinajstić information content (AvgIpc) is 3.24. The number of carbonyl (C=O) groups excluding carboxylic acids is 2. The summed E-state index contributed by atoms with van der Waals surface area (Å²) in [4.78, 5) is 29.1. The molecule has 0 saturated heterocycles. The van der Waals surface area contributed by atoms with E-state index in [-0.39, 0.29) is 17.9 Å². The summed E-state index contributed by atoms with van der Waals surface area (Å²) in [5.41, 5.74) is 3.35. The largest absolute Gasteiger partial charge is 0.296 e. The highest BCUT2D eigenvalue weighted by molar-refractivity contribution is 6.04. The molecule has 1 aromatic heterocycles. The number of amides is 1. The number of hydrogen-bond acceptors (Lipinski definition) is 3. The van der Waals surface area contributed by atoms with E-state index in [1.54, 1.807) is 40.8 Å². The summed E-state index contributed by atoms with van der Waals surface area (Å²) in [7, 11) is 0. The Balaban J connectivity index is 1.69. The summed E-state index contributed by atoms with van der Waals surface area (Å²) in [5.74, 6) is -2.39. The lowest BCUT2D eigenvalue weighted by Crippen LogP contribution is -2.45. The zero-order chi connectivity index (χ0) is 26.3. The summed E-state index contributed by atoms with van der Waals surface area (Å²) in [6.45, 7) is 5.71.